The molecular weight excluding hydrogens is 524 g/mol. The molecule has 0 spiro atoms. The highest BCUT2D eigenvalue weighted by atomic mass is 32.2. The molecule has 40 heavy (non-hydrogen) atoms. The lowest BCUT2D eigenvalue weighted by Gasteiger charge is -2.14. The number of rotatable bonds is 10. The van der Waals surface area contributed by atoms with Crippen LogP contribution in [-0.2, 0) is 9.59 Å². The fourth-order valence-corrected chi connectivity index (χ4v) is 4.50. The molecule has 1 atom stereocenters. The van der Waals surface area contributed by atoms with E-state index in [9.17, 15) is 14.4 Å². The zero-order valence-electron chi connectivity index (χ0n) is 22.0. The van der Waals surface area contributed by atoms with Gasteiger partial charge in [-0.25, -0.2) is 0 Å². The van der Waals surface area contributed by atoms with Crippen LogP contribution >= 0.6 is 11.8 Å². The number of carbonyl (C=O) groups is 3. The van der Waals surface area contributed by atoms with Gasteiger partial charge in [-0.1, -0.05) is 36.4 Å². The van der Waals surface area contributed by atoms with Crippen LogP contribution in [0.2, 0.25) is 0 Å². The predicted molar refractivity (Wildman–Crippen MR) is 158 cm³/mol. The molecule has 0 saturated heterocycles. The van der Waals surface area contributed by atoms with E-state index >= 15 is 0 Å². The van der Waals surface area contributed by atoms with Gasteiger partial charge in [-0.3, -0.25) is 19.4 Å². The van der Waals surface area contributed by atoms with E-state index < -0.39 is 11.8 Å². The Morgan fingerprint density at radius 3 is 2.17 bits per heavy atom. The fraction of sp³-hybridized carbons (Fsp3) is 0.0968. The number of ether oxygens (including phenoxy) is 1. The molecule has 4 aromatic rings. The van der Waals surface area contributed by atoms with Crippen LogP contribution in [0, 0.1) is 0 Å². The lowest BCUT2D eigenvalue weighted by Crippen LogP contribution is -2.30. The van der Waals surface area contributed by atoms with E-state index in [1.807, 2.05) is 37.3 Å². The molecular formula is C31H28N4O4S. The number of nitrogens with zero attached hydrogens (tertiary/aromatic N) is 1. The predicted octanol–water partition coefficient (Wildman–Crippen LogP) is 5.62. The molecule has 1 unspecified atom stereocenters. The van der Waals surface area contributed by atoms with Crippen LogP contribution in [-0.4, -0.2) is 35.1 Å². The molecule has 1 aromatic heterocycles. The monoisotopic (exact) mass is 552 g/mol. The van der Waals surface area contributed by atoms with E-state index in [0.29, 0.717) is 28.3 Å². The minimum Gasteiger partial charge on any atom is -0.496 e. The van der Waals surface area contributed by atoms with Gasteiger partial charge in [-0.2, -0.15) is 0 Å². The summed E-state index contributed by atoms with van der Waals surface area (Å²) in [7, 11) is 1.54. The average molecular weight is 553 g/mol. The van der Waals surface area contributed by atoms with Crippen molar-refractivity contribution in [3.05, 3.63) is 120 Å². The molecule has 0 saturated carbocycles. The summed E-state index contributed by atoms with van der Waals surface area (Å²) in [5.74, 6) is -0.484. The minimum absolute atomic E-state index is 0.0539. The summed E-state index contributed by atoms with van der Waals surface area (Å²) in [6.45, 7) is 1.82. The van der Waals surface area contributed by atoms with Gasteiger partial charge < -0.3 is 20.7 Å². The molecule has 202 valence electrons. The van der Waals surface area contributed by atoms with Crippen LogP contribution in [0.25, 0.3) is 6.08 Å². The standard InChI is InChI=1S/C31H28N4O4S/c1-21(29(36)33-25-16-18-32-19-17-25)40-26-14-12-24(13-15-26)34-31(38)27(20-23-10-6-7-11-28(23)39-2)35-30(37)22-8-4-3-5-9-22/h3-21H,1-2H3,(H,34,38)(H,35,37)(H,32,33,36)/b27-20-. The molecule has 1 heterocycles. The molecule has 0 bridgehead atoms. The molecule has 8 nitrogen and oxygen atoms in total. The Morgan fingerprint density at radius 2 is 1.48 bits per heavy atom. The van der Waals surface area contributed by atoms with Crippen LogP contribution in [0.3, 0.4) is 0 Å². The van der Waals surface area contributed by atoms with Gasteiger partial charge in [-0.15, -0.1) is 11.8 Å². The highest BCUT2D eigenvalue weighted by Crippen LogP contribution is 2.26. The second-order valence-electron chi connectivity index (χ2n) is 8.58. The fourth-order valence-electron chi connectivity index (χ4n) is 3.64. The summed E-state index contributed by atoms with van der Waals surface area (Å²) in [4.78, 5) is 43.5. The lowest BCUT2D eigenvalue weighted by molar-refractivity contribution is -0.115. The highest BCUT2D eigenvalue weighted by molar-refractivity contribution is 8.00. The molecule has 9 heteroatoms. The first-order chi connectivity index (χ1) is 19.4. The third-order valence-electron chi connectivity index (χ3n) is 5.71. The zero-order chi connectivity index (χ0) is 28.3. The smallest absolute Gasteiger partial charge is 0.272 e. The van der Waals surface area contributed by atoms with Crippen LogP contribution < -0.4 is 20.7 Å². The molecule has 4 rings (SSSR count). The normalized spacial score (nSPS) is 11.7. The van der Waals surface area contributed by atoms with Crippen LogP contribution in [0.5, 0.6) is 5.75 Å². The first-order valence-corrected chi connectivity index (χ1v) is 13.3. The van der Waals surface area contributed by atoms with Crippen molar-refractivity contribution in [2.24, 2.45) is 0 Å². The Hall–Kier alpha value is -4.89. The second-order valence-corrected chi connectivity index (χ2v) is 10.00. The lowest BCUT2D eigenvalue weighted by atomic mass is 10.1. The van der Waals surface area contributed by atoms with E-state index in [1.54, 1.807) is 79.1 Å². The third kappa shape index (κ3) is 7.81. The van der Waals surface area contributed by atoms with Crippen LogP contribution in [0.4, 0.5) is 11.4 Å². The summed E-state index contributed by atoms with van der Waals surface area (Å²) in [6, 6.07) is 26.4. The maximum absolute atomic E-state index is 13.3. The van der Waals surface area contributed by atoms with Crippen molar-refractivity contribution in [2.75, 3.05) is 17.7 Å². The number of hydrogen-bond donors (Lipinski definition) is 3. The summed E-state index contributed by atoms with van der Waals surface area (Å²) in [5.41, 5.74) is 2.32. The van der Waals surface area contributed by atoms with Crippen molar-refractivity contribution in [2.45, 2.75) is 17.1 Å². The van der Waals surface area contributed by atoms with Gasteiger partial charge in [-0.05, 0) is 67.6 Å². The Labute approximate surface area is 236 Å². The van der Waals surface area contributed by atoms with E-state index in [-0.39, 0.29) is 16.9 Å². The molecule has 3 amide bonds. The number of aromatic nitrogens is 1. The molecule has 0 aliphatic carbocycles. The van der Waals surface area contributed by atoms with Crippen LogP contribution in [0.1, 0.15) is 22.8 Å². The number of amides is 3. The van der Waals surface area contributed by atoms with Gasteiger partial charge in [0.05, 0.1) is 12.4 Å². The number of pyridine rings is 1. The van der Waals surface area contributed by atoms with Crippen molar-refractivity contribution < 1.29 is 19.1 Å². The van der Waals surface area contributed by atoms with Crippen molar-refractivity contribution >= 4 is 46.9 Å². The maximum Gasteiger partial charge on any atom is 0.272 e. The Balaban J connectivity index is 1.46. The van der Waals surface area contributed by atoms with E-state index in [2.05, 4.69) is 20.9 Å². The van der Waals surface area contributed by atoms with Crippen molar-refractivity contribution in [3.63, 3.8) is 0 Å². The molecule has 0 radical (unpaired) electrons. The first-order valence-electron chi connectivity index (χ1n) is 12.4. The van der Waals surface area contributed by atoms with Crippen LogP contribution in [0.15, 0.2) is 114 Å². The molecule has 3 aromatic carbocycles. The number of anilines is 2. The topological polar surface area (TPSA) is 109 Å². The number of hydrogen-bond acceptors (Lipinski definition) is 6. The van der Waals surface area contributed by atoms with Gasteiger partial charge in [0.2, 0.25) is 5.91 Å². The highest BCUT2D eigenvalue weighted by Gasteiger charge is 2.17. The van der Waals surface area contributed by atoms with Gasteiger partial charge >= 0.3 is 0 Å². The quantitative estimate of drug-likeness (QED) is 0.174. The second kappa shape index (κ2) is 13.8. The number of thioether (sulfide) groups is 1. The largest absolute Gasteiger partial charge is 0.496 e. The summed E-state index contributed by atoms with van der Waals surface area (Å²) in [6.07, 6.45) is 4.80. The summed E-state index contributed by atoms with van der Waals surface area (Å²) < 4.78 is 5.41. The van der Waals surface area contributed by atoms with Crippen molar-refractivity contribution in [1.29, 1.82) is 0 Å². The zero-order valence-corrected chi connectivity index (χ0v) is 22.8. The van der Waals surface area contributed by atoms with Gasteiger partial charge in [0.25, 0.3) is 11.8 Å². The van der Waals surface area contributed by atoms with Gasteiger partial charge in [0.1, 0.15) is 11.4 Å². The van der Waals surface area contributed by atoms with Crippen molar-refractivity contribution in [1.82, 2.24) is 10.3 Å². The molecule has 0 fully saturated rings. The Bertz CT molecular complexity index is 1490. The number of nitrogens with one attached hydrogen (secondary N) is 3. The van der Waals surface area contributed by atoms with E-state index in [1.165, 1.54) is 18.9 Å². The maximum atomic E-state index is 13.3. The van der Waals surface area contributed by atoms with E-state index in [4.69, 9.17) is 4.74 Å². The number of benzene rings is 3. The summed E-state index contributed by atoms with van der Waals surface area (Å²) >= 11 is 1.39. The number of carbonyl (C=O) groups excluding carboxylic acids is 3. The average Bonchev–Trinajstić information content (AvgIpc) is 2.99. The number of para-hydroxylation sites is 1. The third-order valence-corrected chi connectivity index (χ3v) is 6.82. The first kappa shape index (κ1) is 28.1. The van der Waals surface area contributed by atoms with Gasteiger partial charge in [0.15, 0.2) is 0 Å². The Kier molecular flexibility index (Phi) is 9.68. The van der Waals surface area contributed by atoms with Crippen molar-refractivity contribution in [3.8, 4) is 5.75 Å². The van der Waals surface area contributed by atoms with Gasteiger partial charge in [0, 0.05) is 39.8 Å². The summed E-state index contributed by atoms with van der Waals surface area (Å²) in [5, 5.41) is 8.07. The Morgan fingerprint density at radius 1 is 0.825 bits per heavy atom. The van der Waals surface area contributed by atoms with E-state index in [0.717, 1.165) is 4.90 Å². The molecule has 3 N–H and O–H groups in total. The SMILES string of the molecule is COc1ccccc1/C=C(\NC(=O)c1ccccc1)C(=O)Nc1ccc(SC(C)C(=O)Nc2ccncc2)cc1. The minimum atomic E-state index is -0.499. The molecule has 0 aliphatic rings. The number of methoxy groups -OCH3 is 1. The molecule has 0 aliphatic heterocycles.